The van der Waals surface area contributed by atoms with Gasteiger partial charge >= 0.3 is 0 Å². The lowest BCUT2D eigenvalue weighted by Crippen LogP contribution is -2.36. The summed E-state index contributed by atoms with van der Waals surface area (Å²) in [5.74, 6) is 3.57. The molecular weight excluding hydrogens is 242 g/mol. The van der Waals surface area contributed by atoms with E-state index in [1.807, 2.05) is 6.07 Å². The summed E-state index contributed by atoms with van der Waals surface area (Å²) < 4.78 is 5.47. The van der Waals surface area contributed by atoms with Crippen LogP contribution in [0.4, 0.5) is 0 Å². The molecule has 18 heavy (non-hydrogen) atoms. The van der Waals surface area contributed by atoms with E-state index in [-0.39, 0.29) is 0 Å². The van der Waals surface area contributed by atoms with Crippen LogP contribution in [0, 0.1) is 0 Å². The molecule has 2 atom stereocenters. The van der Waals surface area contributed by atoms with Gasteiger partial charge in [-0.15, -0.1) is 0 Å². The highest BCUT2D eigenvalue weighted by Gasteiger charge is 2.20. The van der Waals surface area contributed by atoms with Gasteiger partial charge in [0.05, 0.1) is 7.11 Å². The van der Waals surface area contributed by atoms with E-state index in [0.717, 1.165) is 12.2 Å². The van der Waals surface area contributed by atoms with Crippen molar-refractivity contribution >= 4 is 11.8 Å². The summed E-state index contributed by atoms with van der Waals surface area (Å²) in [5, 5.41) is 3.80. The monoisotopic (exact) mass is 265 g/mol. The number of benzene rings is 1. The molecule has 1 fully saturated rings. The molecule has 1 aromatic rings. The highest BCUT2D eigenvalue weighted by atomic mass is 32.2. The van der Waals surface area contributed by atoms with Gasteiger partial charge in [0.1, 0.15) is 5.75 Å². The van der Waals surface area contributed by atoms with Gasteiger partial charge in [0.25, 0.3) is 0 Å². The molecule has 1 aliphatic heterocycles. The molecule has 1 aromatic carbocycles. The summed E-state index contributed by atoms with van der Waals surface area (Å²) >= 11 is 2.07. The molecule has 2 rings (SSSR count). The van der Waals surface area contributed by atoms with Crippen molar-refractivity contribution in [1.82, 2.24) is 5.32 Å². The standard InChI is InChI=1S/C15H23NOS/c1-3-14(16-12-7-6-10-18-11-12)13-8-4-5-9-15(13)17-2/h4-5,8-9,12,14,16H,3,6-7,10-11H2,1-2H3. The highest BCUT2D eigenvalue weighted by Crippen LogP contribution is 2.28. The van der Waals surface area contributed by atoms with Gasteiger partial charge in [0, 0.05) is 23.4 Å². The van der Waals surface area contributed by atoms with Crippen molar-refractivity contribution in [2.75, 3.05) is 18.6 Å². The molecule has 0 spiro atoms. The molecule has 2 unspecified atom stereocenters. The maximum atomic E-state index is 5.47. The van der Waals surface area contributed by atoms with Gasteiger partial charge in [-0.2, -0.15) is 11.8 Å². The summed E-state index contributed by atoms with van der Waals surface area (Å²) in [6, 6.07) is 9.41. The molecule has 0 aromatic heterocycles. The van der Waals surface area contributed by atoms with Crippen molar-refractivity contribution in [1.29, 1.82) is 0 Å². The van der Waals surface area contributed by atoms with Gasteiger partial charge in [-0.05, 0) is 31.1 Å². The first kappa shape index (κ1) is 13.8. The van der Waals surface area contributed by atoms with Gasteiger partial charge in [-0.3, -0.25) is 0 Å². The van der Waals surface area contributed by atoms with E-state index in [2.05, 4.69) is 42.2 Å². The minimum Gasteiger partial charge on any atom is -0.496 e. The van der Waals surface area contributed by atoms with Crippen LogP contribution in [0.15, 0.2) is 24.3 Å². The van der Waals surface area contributed by atoms with Crippen LogP contribution in [0.5, 0.6) is 5.75 Å². The van der Waals surface area contributed by atoms with Crippen molar-refractivity contribution in [3.8, 4) is 5.75 Å². The maximum absolute atomic E-state index is 5.47. The largest absolute Gasteiger partial charge is 0.496 e. The molecule has 3 heteroatoms. The Hall–Kier alpha value is -0.670. The lowest BCUT2D eigenvalue weighted by Gasteiger charge is -2.28. The molecule has 1 aliphatic rings. The molecule has 0 saturated carbocycles. The van der Waals surface area contributed by atoms with E-state index in [4.69, 9.17) is 4.74 Å². The van der Waals surface area contributed by atoms with Crippen molar-refractivity contribution < 1.29 is 4.74 Å². The Morgan fingerprint density at radius 2 is 2.28 bits per heavy atom. The van der Waals surface area contributed by atoms with Crippen LogP contribution in [-0.2, 0) is 0 Å². The summed E-state index contributed by atoms with van der Waals surface area (Å²) in [4.78, 5) is 0. The molecule has 1 heterocycles. The van der Waals surface area contributed by atoms with Crippen molar-refractivity contribution in [2.45, 2.75) is 38.3 Å². The topological polar surface area (TPSA) is 21.3 Å². The van der Waals surface area contributed by atoms with Gasteiger partial charge in [0.2, 0.25) is 0 Å². The van der Waals surface area contributed by atoms with E-state index in [9.17, 15) is 0 Å². The van der Waals surface area contributed by atoms with Crippen LogP contribution in [0.1, 0.15) is 37.8 Å². The number of rotatable bonds is 5. The van der Waals surface area contributed by atoms with E-state index >= 15 is 0 Å². The zero-order chi connectivity index (χ0) is 12.8. The Balaban J connectivity index is 2.07. The molecular formula is C15H23NOS. The lowest BCUT2D eigenvalue weighted by molar-refractivity contribution is 0.381. The fraction of sp³-hybridized carbons (Fsp3) is 0.600. The molecule has 100 valence electrons. The first-order valence-electron chi connectivity index (χ1n) is 6.81. The average Bonchev–Trinajstić information content (AvgIpc) is 2.46. The molecule has 0 amide bonds. The minimum absolute atomic E-state index is 0.407. The number of thioether (sulfide) groups is 1. The minimum atomic E-state index is 0.407. The molecule has 0 bridgehead atoms. The first-order chi connectivity index (χ1) is 8.85. The molecule has 0 aliphatic carbocycles. The smallest absolute Gasteiger partial charge is 0.123 e. The van der Waals surface area contributed by atoms with Crippen LogP contribution in [0.25, 0.3) is 0 Å². The average molecular weight is 265 g/mol. The number of para-hydroxylation sites is 1. The third-order valence-corrected chi connectivity index (χ3v) is 4.74. The number of methoxy groups -OCH3 is 1. The fourth-order valence-electron chi connectivity index (χ4n) is 2.54. The first-order valence-corrected chi connectivity index (χ1v) is 7.97. The van der Waals surface area contributed by atoms with Gasteiger partial charge in [-0.25, -0.2) is 0 Å². The quantitative estimate of drug-likeness (QED) is 0.878. The number of hydrogen-bond donors (Lipinski definition) is 1. The lowest BCUT2D eigenvalue weighted by atomic mass is 10.0. The SMILES string of the molecule is CCC(NC1CCCSC1)c1ccccc1OC. The van der Waals surface area contributed by atoms with Gasteiger partial charge < -0.3 is 10.1 Å². The van der Waals surface area contributed by atoms with Crippen LogP contribution in [0.2, 0.25) is 0 Å². The van der Waals surface area contributed by atoms with Gasteiger partial charge in [-0.1, -0.05) is 25.1 Å². The Kier molecular flexibility index (Phi) is 5.39. The second-order valence-corrected chi connectivity index (χ2v) is 5.93. The fourth-order valence-corrected chi connectivity index (χ4v) is 3.62. The van der Waals surface area contributed by atoms with E-state index in [1.165, 1.54) is 29.9 Å². The number of nitrogens with one attached hydrogen (secondary N) is 1. The highest BCUT2D eigenvalue weighted by molar-refractivity contribution is 7.99. The van der Waals surface area contributed by atoms with Crippen LogP contribution in [0.3, 0.4) is 0 Å². The zero-order valence-corrected chi connectivity index (χ0v) is 12.1. The summed E-state index contributed by atoms with van der Waals surface area (Å²) in [7, 11) is 1.75. The summed E-state index contributed by atoms with van der Waals surface area (Å²) in [6.45, 7) is 2.24. The molecule has 1 N–H and O–H groups in total. The Bertz CT molecular complexity index is 363. The molecule has 2 nitrogen and oxygen atoms in total. The normalized spacial score (nSPS) is 21.6. The predicted molar refractivity (Wildman–Crippen MR) is 79.5 cm³/mol. The summed E-state index contributed by atoms with van der Waals surface area (Å²) in [6.07, 6.45) is 3.74. The third kappa shape index (κ3) is 3.42. The number of hydrogen-bond acceptors (Lipinski definition) is 3. The van der Waals surface area contributed by atoms with Crippen LogP contribution < -0.4 is 10.1 Å². The predicted octanol–water partition coefficient (Wildman–Crippen LogP) is 3.63. The Labute approximate surface area is 114 Å². The van der Waals surface area contributed by atoms with Crippen LogP contribution >= 0.6 is 11.8 Å². The number of ether oxygens (including phenoxy) is 1. The van der Waals surface area contributed by atoms with Gasteiger partial charge in [0.15, 0.2) is 0 Å². The second kappa shape index (κ2) is 7.05. The summed E-state index contributed by atoms with van der Waals surface area (Å²) in [5.41, 5.74) is 1.29. The van der Waals surface area contributed by atoms with Crippen molar-refractivity contribution in [3.63, 3.8) is 0 Å². The molecule has 1 saturated heterocycles. The van der Waals surface area contributed by atoms with E-state index in [1.54, 1.807) is 7.11 Å². The zero-order valence-electron chi connectivity index (χ0n) is 11.3. The third-order valence-electron chi connectivity index (χ3n) is 3.52. The van der Waals surface area contributed by atoms with E-state index < -0.39 is 0 Å². The maximum Gasteiger partial charge on any atom is 0.123 e. The Morgan fingerprint density at radius 1 is 1.44 bits per heavy atom. The van der Waals surface area contributed by atoms with Crippen molar-refractivity contribution in [2.24, 2.45) is 0 Å². The van der Waals surface area contributed by atoms with Crippen molar-refractivity contribution in [3.05, 3.63) is 29.8 Å². The second-order valence-electron chi connectivity index (χ2n) is 4.78. The van der Waals surface area contributed by atoms with E-state index in [0.29, 0.717) is 12.1 Å². The van der Waals surface area contributed by atoms with Crippen LogP contribution in [-0.4, -0.2) is 24.7 Å². The Morgan fingerprint density at radius 3 is 2.94 bits per heavy atom. The molecule has 0 radical (unpaired) electrons.